The van der Waals surface area contributed by atoms with Crippen LogP contribution in [0.1, 0.15) is 29.8 Å². The van der Waals surface area contributed by atoms with Gasteiger partial charge in [-0.2, -0.15) is 0 Å². The second-order valence-electron chi connectivity index (χ2n) is 4.82. The van der Waals surface area contributed by atoms with Crippen molar-refractivity contribution in [2.45, 2.75) is 26.9 Å². The number of esters is 1. The summed E-state index contributed by atoms with van der Waals surface area (Å²) in [5, 5.41) is 0. The van der Waals surface area contributed by atoms with Gasteiger partial charge in [-0.15, -0.1) is 0 Å². The van der Waals surface area contributed by atoms with Crippen LogP contribution in [0.2, 0.25) is 0 Å². The Balaban J connectivity index is 2.51. The van der Waals surface area contributed by atoms with Gasteiger partial charge in [0.2, 0.25) is 0 Å². The molecular weight excluding hydrogens is 236 g/mol. The fourth-order valence-corrected chi connectivity index (χ4v) is 2.07. The van der Waals surface area contributed by atoms with E-state index in [1.165, 1.54) is 0 Å². The lowest BCUT2D eigenvalue weighted by Crippen LogP contribution is -2.14. The Bertz CT molecular complexity index is 571. The summed E-state index contributed by atoms with van der Waals surface area (Å²) in [6, 6.07) is 15.8. The average molecular weight is 254 g/mol. The molecule has 2 nitrogen and oxygen atoms in total. The molecule has 0 unspecified atom stereocenters. The molecule has 0 radical (unpaired) electrons. The topological polar surface area (TPSA) is 26.3 Å². The molecule has 0 heterocycles. The third-order valence-electron chi connectivity index (χ3n) is 2.90. The Labute approximate surface area is 114 Å². The quantitative estimate of drug-likeness (QED) is 0.766. The van der Waals surface area contributed by atoms with Gasteiger partial charge in [-0.3, -0.25) is 0 Å². The van der Waals surface area contributed by atoms with Gasteiger partial charge in [-0.25, -0.2) is 4.79 Å². The number of benzene rings is 2. The molecule has 0 aromatic heterocycles. The van der Waals surface area contributed by atoms with E-state index in [9.17, 15) is 4.79 Å². The molecular formula is C17H18O2. The highest BCUT2D eigenvalue weighted by Gasteiger charge is 2.17. The fourth-order valence-electron chi connectivity index (χ4n) is 2.07. The summed E-state index contributed by atoms with van der Waals surface area (Å²) in [4.78, 5) is 12.2. The molecule has 98 valence electrons. The molecule has 0 aliphatic heterocycles. The van der Waals surface area contributed by atoms with E-state index in [-0.39, 0.29) is 12.1 Å². The van der Waals surface area contributed by atoms with Crippen LogP contribution in [0, 0.1) is 6.92 Å². The van der Waals surface area contributed by atoms with E-state index in [1.807, 2.05) is 69.3 Å². The minimum atomic E-state index is -0.257. The standard InChI is InChI=1S/C17H18O2/c1-12(2)19-17(18)16-13(3)8-7-11-15(16)14-9-5-4-6-10-14/h4-12H,1-3H3. The maximum atomic E-state index is 12.2. The van der Waals surface area contributed by atoms with Gasteiger partial charge in [0.05, 0.1) is 11.7 Å². The third kappa shape index (κ3) is 3.02. The smallest absolute Gasteiger partial charge is 0.339 e. The second-order valence-corrected chi connectivity index (χ2v) is 4.82. The molecule has 19 heavy (non-hydrogen) atoms. The molecule has 2 heteroatoms. The van der Waals surface area contributed by atoms with E-state index in [0.29, 0.717) is 5.56 Å². The second kappa shape index (κ2) is 5.70. The molecule has 0 bridgehead atoms. The van der Waals surface area contributed by atoms with Crippen LogP contribution in [-0.4, -0.2) is 12.1 Å². The highest BCUT2D eigenvalue weighted by atomic mass is 16.5. The fraction of sp³-hybridized carbons (Fsp3) is 0.235. The first-order chi connectivity index (χ1) is 9.09. The molecule has 0 saturated carbocycles. The van der Waals surface area contributed by atoms with Crippen molar-refractivity contribution in [2.75, 3.05) is 0 Å². The monoisotopic (exact) mass is 254 g/mol. The predicted octanol–water partition coefficient (Wildman–Crippen LogP) is 4.23. The number of carbonyl (C=O) groups excluding carboxylic acids is 1. The lowest BCUT2D eigenvalue weighted by atomic mass is 9.96. The van der Waals surface area contributed by atoms with Gasteiger partial charge in [0.15, 0.2) is 0 Å². The van der Waals surface area contributed by atoms with Gasteiger partial charge in [-0.1, -0.05) is 48.5 Å². The largest absolute Gasteiger partial charge is 0.459 e. The van der Waals surface area contributed by atoms with Crippen molar-refractivity contribution in [3.63, 3.8) is 0 Å². The van der Waals surface area contributed by atoms with Crippen molar-refractivity contribution in [1.82, 2.24) is 0 Å². The Hall–Kier alpha value is -2.09. The minimum Gasteiger partial charge on any atom is -0.459 e. The van der Waals surface area contributed by atoms with Gasteiger partial charge >= 0.3 is 5.97 Å². The van der Waals surface area contributed by atoms with Crippen LogP contribution in [0.3, 0.4) is 0 Å². The van der Waals surface area contributed by atoms with Crippen molar-refractivity contribution in [1.29, 1.82) is 0 Å². The Morgan fingerprint density at radius 2 is 1.68 bits per heavy atom. The first-order valence-corrected chi connectivity index (χ1v) is 6.45. The summed E-state index contributed by atoms with van der Waals surface area (Å²) in [6.07, 6.45) is -0.115. The van der Waals surface area contributed by atoms with Gasteiger partial charge in [0, 0.05) is 0 Å². The number of hydrogen-bond acceptors (Lipinski definition) is 2. The summed E-state index contributed by atoms with van der Waals surface area (Å²) < 4.78 is 5.34. The molecule has 2 aromatic rings. The van der Waals surface area contributed by atoms with Crippen molar-refractivity contribution in [3.05, 3.63) is 59.7 Å². The average Bonchev–Trinajstić information content (AvgIpc) is 2.38. The van der Waals surface area contributed by atoms with Crippen LogP contribution in [0.25, 0.3) is 11.1 Å². The van der Waals surface area contributed by atoms with Crippen LogP contribution in [-0.2, 0) is 4.74 Å². The van der Waals surface area contributed by atoms with E-state index < -0.39 is 0 Å². The first-order valence-electron chi connectivity index (χ1n) is 6.45. The van der Waals surface area contributed by atoms with Crippen molar-refractivity contribution in [2.24, 2.45) is 0 Å². The van der Waals surface area contributed by atoms with E-state index >= 15 is 0 Å². The van der Waals surface area contributed by atoms with Crippen molar-refractivity contribution < 1.29 is 9.53 Å². The van der Waals surface area contributed by atoms with Gasteiger partial charge < -0.3 is 4.74 Å². The summed E-state index contributed by atoms with van der Waals surface area (Å²) in [7, 11) is 0. The zero-order chi connectivity index (χ0) is 13.8. The molecule has 0 fully saturated rings. The lowest BCUT2D eigenvalue weighted by Gasteiger charge is -2.14. The molecule has 0 aliphatic rings. The normalized spacial score (nSPS) is 10.5. The summed E-state index contributed by atoms with van der Waals surface area (Å²) >= 11 is 0. The molecule has 0 N–H and O–H groups in total. The van der Waals surface area contributed by atoms with Crippen LogP contribution in [0.5, 0.6) is 0 Å². The molecule has 0 spiro atoms. The van der Waals surface area contributed by atoms with Gasteiger partial charge in [-0.05, 0) is 37.5 Å². The predicted molar refractivity (Wildman–Crippen MR) is 77.2 cm³/mol. The zero-order valence-electron chi connectivity index (χ0n) is 11.5. The van der Waals surface area contributed by atoms with E-state index in [1.54, 1.807) is 0 Å². The van der Waals surface area contributed by atoms with E-state index in [4.69, 9.17) is 4.74 Å². The van der Waals surface area contributed by atoms with Crippen LogP contribution in [0.15, 0.2) is 48.5 Å². The molecule has 0 saturated heterocycles. The number of carbonyl (C=O) groups is 1. The Kier molecular flexibility index (Phi) is 4.00. The van der Waals surface area contributed by atoms with Crippen molar-refractivity contribution >= 4 is 5.97 Å². The van der Waals surface area contributed by atoms with E-state index in [0.717, 1.165) is 16.7 Å². The molecule has 0 amide bonds. The minimum absolute atomic E-state index is 0.115. The molecule has 0 atom stereocenters. The van der Waals surface area contributed by atoms with Gasteiger partial charge in [0.1, 0.15) is 0 Å². The Morgan fingerprint density at radius 3 is 2.32 bits per heavy atom. The summed E-state index contributed by atoms with van der Waals surface area (Å²) in [5.41, 5.74) is 3.54. The van der Waals surface area contributed by atoms with Crippen molar-refractivity contribution in [3.8, 4) is 11.1 Å². The highest BCUT2D eigenvalue weighted by Crippen LogP contribution is 2.26. The molecule has 0 aliphatic carbocycles. The number of ether oxygens (including phenoxy) is 1. The Morgan fingerprint density at radius 1 is 1.00 bits per heavy atom. The number of hydrogen-bond donors (Lipinski definition) is 0. The maximum absolute atomic E-state index is 12.2. The number of aryl methyl sites for hydroxylation is 1. The lowest BCUT2D eigenvalue weighted by molar-refractivity contribution is 0.0378. The molecule has 2 aromatic carbocycles. The summed E-state index contributed by atoms with van der Waals surface area (Å²) in [5.74, 6) is -0.257. The number of rotatable bonds is 3. The van der Waals surface area contributed by atoms with Crippen LogP contribution in [0.4, 0.5) is 0 Å². The zero-order valence-corrected chi connectivity index (χ0v) is 11.5. The first kappa shape index (κ1) is 13.3. The third-order valence-corrected chi connectivity index (χ3v) is 2.90. The van der Waals surface area contributed by atoms with Crippen LogP contribution < -0.4 is 0 Å². The highest BCUT2D eigenvalue weighted by molar-refractivity contribution is 5.98. The summed E-state index contributed by atoms with van der Waals surface area (Å²) in [6.45, 7) is 5.65. The molecule has 2 rings (SSSR count). The van der Waals surface area contributed by atoms with E-state index in [2.05, 4.69) is 0 Å². The van der Waals surface area contributed by atoms with Crippen LogP contribution >= 0.6 is 0 Å². The SMILES string of the molecule is Cc1cccc(-c2ccccc2)c1C(=O)OC(C)C. The maximum Gasteiger partial charge on any atom is 0.339 e. The van der Waals surface area contributed by atoms with Gasteiger partial charge in [0.25, 0.3) is 0 Å².